The third kappa shape index (κ3) is 4.79. The van der Waals surface area contributed by atoms with Crippen molar-refractivity contribution in [2.24, 2.45) is 0 Å². The number of methoxy groups -OCH3 is 1. The maximum Gasteiger partial charge on any atom is 0.305 e. The maximum absolute atomic E-state index is 10.7. The van der Waals surface area contributed by atoms with Gasteiger partial charge >= 0.3 is 5.97 Å². The molecule has 0 bridgehead atoms. The summed E-state index contributed by atoms with van der Waals surface area (Å²) in [5.74, 6) is -0.126. The van der Waals surface area contributed by atoms with Crippen molar-refractivity contribution < 1.29 is 9.53 Å². The minimum Gasteiger partial charge on any atom is -0.469 e. The Kier molecular flexibility index (Phi) is 5.84. The predicted octanol–water partition coefficient (Wildman–Crippen LogP) is 0.938. The molecule has 0 rings (SSSR count). The van der Waals surface area contributed by atoms with E-state index in [2.05, 4.69) is 17.0 Å². The van der Waals surface area contributed by atoms with Gasteiger partial charge in [-0.15, -0.1) is 0 Å². The van der Waals surface area contributed by atoms with Crippen LogP contribution in [0.4, 0.5) is 0 Å². The molecule has 0 saturated heterocycles. The molecule has 0 saturated carbocycles. The van der Waals surface area contributed by atoms with Crippen molar-refractivity contribution in [3.63, 3.8) is 0 Å². The molecule has 1 atom stereocenters. The van der Waals surface area contributed by atoms with Gasteiger partial charge in [0.15, 0.2) is 0 Å². The second-order valence-corrected chi connectivity index (χ2v) is 2.51. The highest BCUT2D eigenvalue weighted by Crippen LogP contribution is 2.01. The Labute approximate surface area is 68.1 Å². The molecule has 0 aromatic rings. The molecular weight excluding hydrogens is 142 g/mol. The standard InChI is InChI=1S/C8H17NO2/c1-4-7(9-2)5-6-8(10)11-3/h7,9H,4-6H2,1-3H3. The first kappa shape index (κ1) is 10.4. The molecule has 66 valence electrons. The first-order chi connectivity index (χ1) is 5.24. The third-order valence-corrected chi connectivity index (χ3v) is 1.83. The Balaban J connectivity index is 3.42. The van der Waals surface area contributed by atoms with Crippen LogP contribution in [0.3, 0.4) is 0 Å². The number of hydrogen-bond donors (Lipinski definition) is 1. The molecule has 0 fully saturated rings. The van der Waals surface area contributed by atoms with E-state index in [1.807, 2.05) is 7.05 Å². The van der Waals surface area contributed by atoms with Crippen LogP contribution in [0.1, 0.15) is 26.2 Å². The van der Waals surface area contributed by atoms with Gasteiger partial charge in [-0.1, -0.05) is 6.92 Å². The van der Waals surface area contributed by atoms with Gasteiger partial charge in [0.25, 0.3) is 0 Å². The summed E-state index contributed by atoms with van der Waals surface area (Å²) >= 11 is 0. The minimum absolute atomic E-state index is 0.126. The number of ether oxygens (including phenoxy) is 1. The van der Waals surface area contributed by atoms with Crippen molar-refractivity contribution in [2.45, 2.75) is 32.2 Å². The summed E-state index contributed by atoms with van der Waals surface area (Å²) in [6, 6.07) is 0.439. The second kappa shape index (κ2) is 6.16. The summed E-state index contributed by atoms with van der Waals surface area (Å²) < 4.78 is 4.52. The zero-order valence-electron chi connectivity index (χ0n) is 7.52. The molecule has 3 heteroatoms. The predicted molar refractivity (Wildman–Crippen MR) is 44.4 cm³/mol. The third-order valence-electron chi connectivity index (χ3n) is 1.83. The van der Waals surface area contributed by atoms with Crippen LogP contribution in [0.2, 0.25) is 0 Å². The Hall–Kier alpha value is -0.570. The van der Waals surface area contributed by atoms with Gasteiger partial charge in [-0.05, 0) is 19.9 Å². The van der Waals surface area contributed by atoms with E-state index < -0.39 is 0 Å². The van der Waals surface area contributed by atoms with E-state index in [0.717, 1.165) is 12.8 Å². The number of carbonyl (C=O) groups excluding carboxylic acids is 1. The van der Waals surface area contributed by atoms with Gasteiger partial charge < -0.3 is 10.1 Å². The molecule has 1 N–H and O–H groups in total. The SMILES string of the molecule is CCC(CCC(=O)OC)NC. The first-order valence-electron chi connectivity index (χ1n) is 3.98. The van der Waals surface area contributed by atoms with Crippen molar-refractivity contribution in [1.82, 2.24) is 5.32 Å². The van der Waals surface area contributed by atoms with Crippen molar-refractivity contribution >= 4 is 5.97 Å². The van der Waals surface area contributed by atoms with Gasteiger partial charge in [-0.3, -0.25) is 4.79 Å². The molecule has 0 aliphatic carbocycles. The summed E-state index contributed by atoms with van der Waals surface area (Å²) in [5, 5.41) is 3.12. The molecule has 0 aliphatic heterocycles. The van der Waals surface area contributed by atoms with E-state index in [-0.39, 0.29) is 5.97 Å². The molecule has 0 spiro atoms. The Morgan fingerprint density at radius 2 is 2.27 bits per heavy atom. The zero-order chi connectivity index (χ0) is 8.69. The molecular formula is C8H17NO2. The Bertz CT molecular complexity index is 111. The highest BCUT2D eigenvalue weighted by molar-refractivity contribution is 5.69. The fourth-order valence-corrected chi connectivity index (χ4v) is 0.947. The van der Waals surface area contributed by atoms with Gasteiger partial charge in [0.05, 0.1) is 7.11 Å². The largest absolute Gasteiger partial charge is 0.469 e. The van der Waals surface area contributed by atoms with E-state index in [1.165, 1.54) is 7.11 Å². The van der Waals surface area contributed by atoms with Crippen molar-refractivity contribution in [3.05, 3.63) is 0 Å². The lowest BCUT2D eigenvalue weighted by molar-refractivity contribution is -0.140. The highest BCUT2D eigenvalue weighted by atomic mass is 16.5. The van der Waals surface area contributed by atoms with Crippen LogP contribution in [0.15, 0.2) is 0 Å². The molecule has 0 aliphatic rings. The van der Waals surface area contributed by atoms with Gasteiger partial charge in [0, 0.05) is 12.5 Å². The first-order valence-corrected chi connectivity index (χ1v) is 3.98. The number of nitrogens with one attached hydrogen (secondary N) is 1. The van der Waals surface area contributed by atoms with E-state index in [1.54, 1.807) is 0 Å². The quantitative estimate of drug-likeness (QED) is 0.607. The van der Waals surface area contributed by atoms with E-state index >= 15 is 0 Å². The average Bonchev–Trinajstić information content (AvgIpc) is 2.06. The topological polar surface area (TPSA) is 38.3 Å². The molecule has 0 aromatic carbocycles. The molecule has 1 unspecified atom stereocenters. The summed E-state index contributed by atoms with van der Waals surface area (Å²) in [7, 11) is 3.33. The fraction of sp³-hybridized carbons (Fsp3) is 0.875. The van der Waals surface area contributed by atoms with Crippen LogP contribution in [0.5, 0.6) is 0 Å². The number of esters is 1. The van der Waals surface area contributed by atoms with E-state index in [0.29, 0.717) is 12.5 Å². The normalized spacial score (nSPS) is 12.6. The van der Waals surface area contributed by atoms with Gasteiger partial charge in [0.1, 0.15) is 0 Å². The van der Waals surface area contributed by atoms with Crippen molar-refractivity contribution in [1.29, 1.82) is 0 Å². The van der Waals surface area contributed by atoms with Crippen LogP contribution >= 0.6 is 0 Å². The molecule has 0 aromatic heterocycles. The van der Waals surface area contributed by atoms with Gasteiger partial charge in [-0.25, -0.2) is 0 Å². The Morgan fingerprint density at radius 3 is 2.64 bits per heavy atom. The van der Waals surface area contributed by atoms with Gasteiger partial charge in [0.2, 0.25) is 0 Å². The lowest BCUT2D eigenvalue weighted by Gasteiger charge is -2.11. The number of hydrogen-bond acceptors (Lipinski definition) is 3. The minimum atomic E-state index is -0.126. The molecule has 0 heterocycles. The summed E-state index contributed by atoms with van der Waals surface area (Å²) in [5.41, 5.74) is 0. The molecule has 3 nitrogen and oxygen atoms in total. The monoisotopic (exact) mass is 159 g/mol. The van der Waals surface area contributed by atoms with E-state index in [4.69, 9.17) is 0 Å². The molecule has 11 heavy (non-hydrogen) atoms. The summed E-state index contributed by atoms with van der Waals surface area (Å²) in [6.45, 7) is 2.10. The Morgan fingerprint density at radius 1 is 1.64 bits per heavy atom. The van der Waals surface area contributed by atoms with Crippen LogP contribution in [-0.4, -0.2) is 26.2 Å². The van der Waals surface area contributed by atoms with Crippen molar-refractivity contribution in [2.75, 3.05) is 14.2 Å². The maximum atomic E-state index is 10.7. The fourth-order valence-electron chi connectivity index (χ4n) is 0.947. The highest BCUT2D eigenvalue weighted by Gasteiger charge is 2.06. The van der Waals surface area contributed by atoms with E-state index in [9.17, 15) is 4.79 Å². The molecule has 0 amide bonds. The van der Waals surface area contributed by atoms with Crippen molar-refractivity contribution in [3.8, 4) is 0 Å². The second-order valence-electron chi connectivity index (χ2n) is 2.51. The van der Waals surface area contributed by atoms with Crippen LogP contribution in [-0.2, 0) is 9.53 Å². The number of carbonyl (C=O) groups is 1. The van der Waals surface area contributed by atoms with Gasteiger partial charge in [-0.2, -0.15) is 0 Å². The molecule has 0 radical (unpaired) electrons. The summed E-state index contributed by atoms with van der Waals surface area (Å²) in [4.78, 5) is 10.7. The lowest BCUT2D eigenvalue weighted by atomic mass is 10.1. The number of rotatable bonds is 5. The van der Waals surface area contributed by atoms with Crippen LogP contribution in [0, 0.1) is 0 Å². The smallest absolute Gasteiger partial charge is 0.305 e. The van der Waals surface area contributed by atoms with Crippen LogP contribution in [0.25, 0.3) is 0 Å². The summed E-state index contributed by atoms with van der Waals surface area (Å²) in [6.07, 6.45) is 2.42. The van der Waals surface area contributed by atoms with Crippen LogP contribution < -0.4 is 5.32 Å². The lowest BCUT2D eigenvalue weighted by Crippen LogP contribution is -2.25. The zero-order valence-corrected chi connectivity index (χ0v) is 7.52. The average molecular weight is 159 g/mol.